The van der Waals surface area contributed by atoms with Crippen LogP contribution in [0.2, 0.25) is 15.1 Å². The molecule has 1 N–H and O–H groups in total. The number of nitrogens with one attached hydrogen (secondary N) is 1. The van der Waals surface area contributed by atoms with Gasteiger partial charge in [0.05, 0.1) is 35.7 Å². The van der Waals surface area contributed by atoms with E-state index in [1.807, 2.05) is 0 Å². The summed E-state index contributed by atoms with van der Waals surface area (Å²) in [5.41, 5.74) is 0.450. The summed E-state index contributed by atoms with van der Waals surface area (Å²) in [6.45, 7) is 0.152. The molecule has 0 aliphatic carbocycles. The first-order valence-electron chi connectivity index (χ1n) is 9.12. The van der Waals surface area contributed by atoms with Crippen LogP contribution >= 0.6 is 46.6 Å². The number of hydrogen-bond donors (Lipinski definition) is 1. The number of anilines is 1. The van der Waals surface area contributed by atoms with E-state index >= 15 is 0 Å². The lowest BCUT2D eigenvalue weighted by molar-refractivity contribution is -0.113. The quantitative estimate of drug-likeness (QED) is 0.395. The standard InChI is InChI=1S/C20H19Cl3N4O4S/c1-27-18(9-31-15-5-4-11(21)6-12(15)22)25-26-20(27)32-10-19(28)24-14-8-16(29-2)13(23)7-17(14)30-3/h4-8H,9-10H2,1-3H3,(H,24,28). The largest absolute Gasteiger partial charge is 0.495 e. The predicted octanol–water partition coefficient (Wildman–Crippen LogP) is 5.10. The van der Waals surface area contributed by atoms with E-state index in [1.165, 1.54) is 26.0 Å². The van der Waals surface area contributed by atoms with Crippen LogP contribution in [0.4, 0.5) is 5.69 Å². The molecule has 1 amide bonds. The summed E-state index contributed by atoms with van der Waals surface area (Å²) in [7, 11) is 4.77. The lowest BCUT2D eigenvalue weighted by Crippen LogP contribution is -2.15. The Morgan fingerprint density at radius 1 is 1.03 bits per heavy atom. The molecule has 0 saturated heterocycles. The molecule has 170 valence electrons. The number of hydrogen-bond acceptors (Lipinski definition) is 7. The third kappa shape index (κ3) is 5.92. The maximum absolute atomic E-state index is 12.5. The number of rotatable bonds is 9. The Morgan fingerprint density at radius 2 is 1.75 bits per heavy atom. The molecule has 32 heavy (non-hydrogen) atoms. The minimum Gasteiger partial charge on any atom is -0.495 e. The second-order valence-corrected chi connectivity index (χ2v) is 8.54. The molecule has 0 fully saturated rings. The molecule has 3 rings (SSSR count). The molecule has 0 saturated carbocycles. The molecule has 0 aliphatic rings. The highest BCUT2D eigenvalue weighted by Gasteiger charge is 2.15. The Hall–Kier alpha value is -2.33. The van der Waals surface area contributed by atoms with Crippen LogP contribution in [-0.4, -0.2) is 40.6 Å². The first kappa shape index (κ1) is 24.3. The van der Waals surface area contributed by atoms with Gasteiger partial charge in [0.2, 0.25) is 5.91 Å². The molecular weight excluding hydrogens is 499 g/mol. The molecule has 8 nitrogen and oxygen atoms in total. The SMILES string of the molecule is COc1cc(NC(=O)CSc2nnc(COc3ccc(Cl)cc3Cl)n2C)c(OC)cc1Cl. The Bertz CT molecular complexity index is 1130. The van der Waals surface area contributed by atoms with Crippen molar-refractivity contribution in [3.63, 3.8) is 0 Å². The average molecular weight is 518 g/mol. The number of methoxy groups -OCH3 is 2. The maximum Gasteiger partial charge on any atom is 0.234 e. The summed E-state index contributed by atoms with van der Waals surface area (Å²) < 4.78 is 17.9. The number of amides is 1. The first-order valence-corrected chi connectivity index (χ1v) is 11.2. The number of nitrogens with zero attached hydrogens (tertiary/aromatic N) is 3. The number of thioether (sulfide) groups is 1. The fraction of sp³-hybridized carbons (Fsp3) is 0.250. The molecular formula is C20H19Cl3N4O4S. The van der Waals surface area contributed by atoms with E-state index in [1.54, 1.807) is 41.9 Å². The van der Waals surface area contributed by atoms with Crippen molar-refractivity contribution < 1.29 is 19.0 Å². The van der Waals surface area contributed by atoms with Gasteiger partial charge in [-0.2, -0.15) is 0 Å². The zero-order valence-corrected chi connectivity index (χ0v) is 20.4. The van der Waals surface area contributed by atoms with Gasteiger partial charge < -0.3 is 24.1 Å². The summed E-state index contributed by atoms with van der Waals surface area (Å²) in [6, 6.07) is 8.14. The molecule has 0 atom stereocenters. The van der Waals surface area contributed by atoms with Gasteiger partial charge in [0, 0.05) is 24.2 Å². The van der Waals surface area contributed by atoms with Gasteiger partial charge in [-0.15, -0.1) is 10.2 Å². The van der Waals surface area contributed by atoms with E-state index in [4.69, 9.17) is 49.0 Å². The molecule has 0 spiro atoms. The van der Waals surface area contributed by atoms with Crippen molar-refractivity contribution in [2.75, 3.05) is 25.3 Å². The van der Waals surface area contributed by atoms with Crippen LogP contribution in [0.5, 0.6) is 17.2 Å². The molecule has 0 bridgehead atoms. The van der Waals surface area contributed by atoms with Crippen molar-refractivity contribution in [2.24, 2.45) is 7.05 Å². The Labute approximate surface area is 204 Å². The molecule has 3 aromatic rings. The highest BCUT2D eigenvalue weighted by Crippen LogP contribution is 2.36. The number of benzene rings is 2. The van der Waals surface area contributed by atoms with Crippen molar-refractivity contribution in [3.05, 3.63) is 51.2 Å². The van der Waals surface area contributed by atoms with E-state index in [0.717, 1.165) is 0 Å². The summed E-state index contributed by atoms with van der Waals surface area (Å²) in [6.07, 6.45) is 0. The number of ether oxygens (including phenoxy) is 3. The molecule has 0 radical (unpaired) electrons. The first-order chi connectivity index (χ1) is 15.3. The molecule has 0 aliphatic heterocycles. The highest BCUT2D eigenvalue weighted by atomic mass is 35.5. The highest BCUT2D eigenvalue weighted by molar-refractivity contribution is 7.99. The molecule has 0 unspecified atom stereocenters. The summed E-state index contributed by atoms with van der Waals surface area (Å²) in [5.74, 6) is 1.75. The topological polar surface area (TPSA) is 87.5 Å². The van der Waals surface area contributed by atoms with Crippen molar-refractivity contribution in [1.82, 2.24) is 14.8 Å². The van der Waals surface area contributed by atoms with E-state index in [9.17, 15) is 4.79 Å². The summed E-state index contributed by atoms with van der Waals surface area (Å²) in [4.78, 5) is 12.5. The Kier molecular flexibility index (Phi) is 8.36. The number of aromatic nitrogens is 3. The zero-order valence-electron chi connectivity index (χ0n) is 17.3. The number of carbonyl (C=O) groups is 1. The van der Waals surface area contributed by atoms with Crippen LogP contribution in [-0.2, 0) is 18.4 Å². The normalized spacial score (nSPS) is 10.7. The van der Waals surface area contributed by atoms with Gasteiger partial charge in [0.1, 0.15) is 23.9 Å². The summed E-state index contributed by atoms with van der Waals surface area (Å²) in [5, 5.41) is 12.9. The van der Waals surface area contributed by atoms with Gasteiger partial charge in [0.25, 0.3) is 0 Å². The van der Waals surface area contributed by atoms with Crippen LogP contribution < -0.4 is 19.5 Å². The fourth-order valence-corrected chi connectivity index (χ4v) is 4.03. The Balaban J connectivity index is 1.59. The molecule has 1 heterocycles. The van der Waals surface area contributed by atoms with Crippen LogP contribution in [0.15, 0.2) is 35.5 Å². The van der Waals surface area contributed by atoms with Gasteiger partial charge in [-0.1, -0.05) is 46.6 Å². The Morgan fingerprint density at radius 3 is 2.44 bits per heavy atom. The van der Waals surface area contributed by atoms with Crippen LogP contribution in [0.1, 0.15) is 5.82 Å². The minimum atomic E-state index is -0.258. The third-order valence-electron chi connectivity index (χ3n) is 4.26. The van der Waals surface area contributed by atoms with Gasteiger partial charge in [-0.25, -0.2) is 0 Å². The van der Waals surface area contributed by atoms with E-state index in [-0.39, 0.29) is 18.3 Å². The predicted molar refractivity (Wildman–Crippen MR) is 126 cm³/mol. The average Bonchev–Trinajstić information content (AvgIpc) is 3.12. The molecule has 12 heteroatoms. The fourth-order valence-electron chi connectivity index (χ4n) is 2.61. The molecule has 1 aromatic heterocycles. The van der Waals surface area contributed by atoms with Crippen molar-refractivity contribution >= 4 is 58.2 Å². The van der Waals surface area contributed by atoms with E-state index < -0.39 is 0 Å². The van der Waals surface area contributed by atoms with Crippen LogP contribution in [0.25, 0.3) is 0 Å². The van der Waals surface area contributed by atoms with Crippen molar-refractivity contribution in [2.45, 2.75) is 11.8 Å². The van der Waals surface area contributed by atoms with Gasteiger partial charge in [0.15, 0.2) is 11.0 Å². The van der Waals surface area contributed by atoms with Crippen molar-refractivity contribution in [3.8, 4) is 17.2 Å². The third-order valence-corrected chi connectivity index (χ3v) is 6.10. The number of carbonyl (C=O) groups excluding carboxylic acids is 1. The van der Waals surface area contributed by atoms with Crippen molar-refractivity contribution in [1.29, 1.82) is 0 Å². The second kappa shape index (κ2) is 11.0. The zero-order chi connectivity index (χ0) is 23.3. The second-order valence-electron chi connectivity index (χ2n) is 6.35. The van der Waals surface area contributed by atoms with Crippen LogP contribution in [0.3, 0.4) is 0 Å². The number of halogens is 3. The minimum absolute atomic E-state index is 0.101. The lowest BCUT2D eigenvalue weighted by atomic mass is 10.2. The molecule has 2 aromatic carbocycles. The summed E-state index contributed by atoms with van der Waals surface area (Å²) >= 11 is 19.3. The van der Waals surface area contributed by atoms with Crippen LogP contribution in [0, 0.1) is 0 Å². The maximum atomic E-state index is 12.5. The smallest absolute Gasteiger partial charge is 0.234 e. The van der Waals surface area contributed by atoms with Gasteiger partial charge >= 0.3 is 0 Å². The van der Waals surface area contributed by atoms with E-state index in [0.29, 0.717) is 49.0 Å². The monoisotopic (exact) mass is 516 g/mol. The lowest BCUT2D eigenvalue weighted by Gasteiger charge is -2.13. The van der Waals surface area contributed by atoms with E-state index in [2.05, 4.69) is 15.5 Å². The van der Waals surface area contributed by atoms with Gasteiger partial charge in [-0.3, -0.25) is 4.79 Å². The van der Waals surface area contributed by atoms with Gasteiger partial charge in [-0.05, 0) is 18.2 Å².